The molecule has 272 valence electrons. The predicted octanol–water partition coefficient (Wildman–Crippen LogP) is 13.2. The van der Waals surface area contributed by atoms with Crippen molar-refractivity contribution in [1.82, 2.24) is 24.1 Å². The normalized spacial score (nSPS) is 13.2. The molecule has 6 heteroatoms. The smallest absolute Gasteiger partial charge is 0.164 e. The van der Waals surface area contributed by atoms with Gasteiger partial charge in [-0.3, -0.25) is 0 Å². The monoisotopic (exact) mass is 743 g/mol. The standard InChI is InChI=1S/C52H33N5O/c1-5-17-33(18-6-1)50-53-51(34-19-7-2-8-20-34)55-52(54-50)40-25-11-4-12-26-43(40)57-42-28-16-14-24-39(42)47-45(57)32-30-37-36-29-31-44-46(48(36)58-49(37)47)38-23-13-15-27-41(38)56(44)35-21-9-3-10-22-35/h1-24,26-32H,25H2. The summed E-state index contributed by atoms with van der Waals surface area (Å²) < 4.78 is 11.9. The van der Waals surface area contributed by atoms with Crippen molar-refractivity contribution < 1.29 is 4.42 Å². The predicted molar refractivity (Wildman–Crippen MR) is 238 cm³/mol. The molecule has 12 rings (SSSR count). The molecule has 1 aliphatic carbocycles. The molecule has 0 radical (unpaired) electrons. The average Bonchev–Trinajstić information content (AvgIpc) is 3.88. The van der Waals surface area contributed by atoms with Gasteiger partial charge in [0.1, 0.15) is 11.2 Å². The van der Waals surface area contributed by atoms with E-state index in [4.69, 9.17) is 19.4 Å². The summed E-state index contributed by atoms with van der Waals surface area (Å²) in [6, 6.07) is 57.1. The molecule has 58 heavy (non-hydrogen) atoms. The molecule has 6 nitrogen and oxygen atoms in total. The van der Waals surface area contributed by atoms with E-state index < -0.39 is 0 Å². The number of fused-ring (bicyclic) bond motifs is 11. The van der Waals surface area contributed by atoms with Crippen LogP contribution in [0.2, 0.25) is 0 Å². The maximum atomic E-state index is 7.20. The second kappa shape index (κ2) is 12.9. The van der Waals surface area contributed by atoms with Crippen molar-refractivity contribution in [3.63, 3.8) is 0 Å². The van der Waals surface area contributed by atoms with E-state index in [9.17, 15) is 0 Å². The molecular formula is C52H33N5O. The lowest BCUT2D eigenvalue weighted by atomic mass is 10.1. The SMILES string of the molecule is C1=CCC(c2nc(-c3ccccc3)nc(-c3ccccc3)n2)=C(n2c3ccccc3c3c4oc5c(ccc6c5c5ccccc5n6-c5ccccc5)c4ccc32)C=C1. The molecule has 0 bridgehead atoms. The lowest BCUT2D eigenvalue weighted by Gasteiger charge is -2.15. The summed E-state index contributed by atoms with van der Waals surface area (Å²) >= 11 is 0. The van der Waals surface area contributed by atoms with Crippen LogP contribution >= 0.6 is 0 Å². The van der Waals surface area contributed by atoms with E-state index in [-0.39, 0.29) is 0 Å². The van der Waals surface area contributed by atoms with Gasteiger partial charge in [0.25, 0.3) is 0 Å². The van der Waals surface area contributed by atoms with Crippen molar-refractivity contribution in [3.05, 3.63) is 194 Å². The van der Waals surface area contributed by atoms with Crippen LogP contribution in [0.15, 0.2) is 193 Å². The third kappa shape index (κ3) is 4.88. The fourth-order valence-corrected chi connectivity index (χ4v) is 8.89. The molecule has 0 saturated heterocycles. The number of hydrogen-bond donors (Lipinski definition) is 0. The van der Waals surface area contributed by atoms with Crippen molar-refractivity contribution in [2.45, 2.75) is 6.42 Å². The molecular weight excluding hydrogens is 711 g/mol. The molecule has 0 fully saturated rings. The first-order valence-corrected chi connectivity index (χ1v) is 19.6. The highest BCUT2D eigenvalue weighted by Gasteiger charge is 2.25. The third-order valence-electron chi connectivity index (χ3n) is 11.4. The van der Waals surface area contributed by atoms with Gasteiger partial charge < -0.3 is 13.6 Å². The van der Waals surface area contributed by atoms with Gasteiger partial charge in [-0.2, -0.15) is 0 Å². The van der Waals surface area contributed by atoms with Crippen LogP contribution < -0.4 is 0 Å². The lowest BCUT2D eigenvalue weighted by Crippen LogP contribution is -2.06. The van der Waals surface area contributed by atoms with E-state index in [1.807, 2.05) is 36.4 Å². The molecule has 0 spiro atoms. The maximum absolute atomic E-state index is 7.20. The van der Waals surface area contributed by atoms with Crippen LogP contribution in [-0.2, 0) is 0 Å². The fourth-order valence-electron chi connectivity index (χ4n) is 8.89. The van der Waals surface area contributed by atoms with E-state index in [1.54, 1.807) is 0 Å². The van der Waals surface area contributed by atoms with E-state index in [0.29, 0.717) is 23.9 Å². The van der Waals surface area contributed by atoms with Crippen molar-refractivity contribution in [2.75, 3.05) is 0 Å². The van der Waals surface area contributed by atoms with E-state index in [1.165, 1.54) is 0 Å². The highest BCUT2D eigenvalue weighted by molar-refractivity contribution is 6.29. The van der Waals surface area contributed by atoms with E-state index >= 15 is 0 Å². The molecule has 4 aromatic heterocycles. The van der Waals surface area contributed by atoms with Crippen LogP contribution in [0, 0.1) is 0 Å². The zero-order chi connectivity index (χ0) is 38.2. The van der Waals surface area contributed by atoms with Crippen molar-refractivity contribution in [3.8, 4) is 28.5 Å². The minimum atomic E-state index is 0.638. The number of benzene rings is 7. The Morgan fingerprint density at radius 1 is 0.414 bits per heavy atom. The van der Waals surface area contributed by atoms with Gasteiger partial charge in [-0.25, -0.2) is 15.0 Å². The zero-order valence-electron chi connectivity index (χ0n) is 31.2. The molecule has 0 unspecified atom stereocenters. The second-order valence-corrected chi connectivity index (χ2v) is 14.7. The first kappa shape index (κ1) is 32.4. The summed E-state index contributed by atoms with van der Waals surface area (Å²) in [5, 5.41) is 6.67. The molecule has 0 N–H and O–H groups in total. The Bertz CT molecular complexity index is 3460. The number of para-hydroxylation sites is 3. The summed E-state index contributed by atoms with van der Waals surface area (Å²) in [5.74, 6) is 1.92. The Morgan fingerprint density at radius 2 is 0.914 bits per heavy atom. The minimum Gasteiger partial charge on any atom is -0.455 e. The Morgan fingerprint density at radius 3 is 1.52 bits per heavy atom. The van der Waals surface area contributed by atoms with Gasteiger partial charge >= 0.3 is 0 Å². The first-order chi connectivity index (χ1) is 28.8. The summed E-state index contributed by atoms with van der Waals surface area (Å²) in [4.78, 5) is 15.4. The Kier molecular flexibility index (Phi) is 7.19. The summed E-state index contributed by atoms with van der Waals surface area (Å²) in [6.07, 6.45) is 9.21. The fraction of sp³-hybridized carbons (Fsp3) is 0.0192. The van der Waals surface area contributed by atoms with Crippen LogP contribution in [0.4, 0.5) is 0 Å². The molecule has 11 aromatic rings. The van der Waals surface area contributed by atoms with Crippen LogP contribution in [0.1, 0.15) is 12.2 Å². The van der Waals surface area contributed by atoms with Gasteiger partial charge in [-0.05, 0) is 61.0 Å². The topological polar surface area (TPSA) is 61.7 Å². The number of furan rings is 1. The lowest BCUT2D eigenvalue weighted by molar-refractivity contribution is 0.677. The molecule has 7 aromatic carbocycles. The highest BCUT2D eigenvalue weighted by Crippen LogP contribution is 2.45. The molecule has 0 amide bonds. The van der Waals surface area contributed by atoms with Gasteiger partial charge in [-0.1, -0.05) is 133 Å². The zero-order valence-corrected chi connectivity index (χ0v) is 31.2. The summed E-state index contributed by atoms with van der Waals surface area (Å²) in [7, 11) is 0. The van der Waals surface area contributed by atoms with Gasteiger partial charge in [0.05, 0.1) is 38.5 Å². The highest BCUT2D eigenvalue weighted by atomic mass is 16.3. The molecule has 0 atom stereocenters. The third-order valence-corrected chi connectivity index (χ3v) is 11.4. The van der Waals surface area contributed by atoms with Gasteiger partial charge in [0, 0.05) is 43.9 Å². The van der Waals surface area contributed by atoms with Crippen molar-refractivity contribution >= 4 is 76.8 Å². The Balaban J connectivity index is 1.15. The van der Waals surface area contributed by atoms with Gasteiger partial charge in [0.2, 0.25) is 0 Å². The van der Waals surface area contributed by atoms with Crippen LogP contribution in [-0.4, -0.2) is 24.1 Å². The Hall–Kier alpha value is -7.83. The van der Waals surface area contributed by atoms with E-state index in [0.717, 1.165) is 93.6 Å². The summed E-state index contributed by atoms with van der Waals surface area (Å²) in [6.45, 7) is 0. The molecule has 4 heterocycles. The summed E-state index contributed by atoms with van der Waals surface area (Å²) in [5.41, 5.74) is 11.2. The molecule has 0 saturated carbocycles. The second-order valence-electron chi connectivity index (χ2n) is 14.7. The maximum Gasteiger partial charge on any atom is 0.164 e. The van der Waals surface area contributed by atoms with Crippen LogP contribution in [0.25, 0.3) is 105 Å². The number of rotatable bonds is 5. The van der Waals surface area contributed by atoms with Crippen LogP contribution in [0.3, 0.4) is 0 Å². The quantitative estimate of drug-likeness (QED) is 0.176. The first-order valence-electron chi connectivity index (χ1n) is 19.6. The van der Waals surface area contributed by atoms with Crippen molar-refractivity contribution in [2.24, 2.45) is 0 Å². The number of nitrogens with zero attached hydrogens (tertiary/aromatic N) is 5. The number of aromatic nitrogens is 5. The Labute approximate surface area is 333 Å². The minimum absolute atomic E-state index is 0.638. The number of hydrogen-bond acceptors (Lipinski definition) is 4. The van der Waals surface area contributed by atoms with Gasteiger partial charge in [-0.15, -0.1) is 0 Å². The average molecular weight is 744 g/mol. The largest absolute Gasteiger partial charge is 0.455 e. The van der Waals surface area contributed by atoms with E-state index in [2.05, 4.69) is 161 Å². The van der Waals surface area contributed by atoms with Crippen LogP contribution in [0.5, 0.6) is 0 Å². The van der Waals surface area contributed by atoms with Gasteiger partial charge in [0.15, 0.2) is 17.5 Å². The number of allylic oxidation sites excluding steroid dienone is 6. The molecule has 1 aliphatic rings. The molecule has 0 aliphatic heterocycles. The van der Waals surface area contributed by atoms with Crippen molar-refractivity contribution in [1.29, 1.82) is 0 Å².